The Morgan fingerprint density at radius 2 is 1.89 bits per heavy atom. The number of thiazole rings is 1. The number of phenolic OH excluding ortho intramolecular Hbond substituents is 1. The maximum absolute atomic E-state index is 9.95. The van der Waals surface area contributed by atoms with Crippen molar-refractivity contribution in [2.75, 3.05) is 21.3 Å². The van der Waals surface area contributed by atoms with Crippen LogP contribution in [-0.2, 0) is 0 Å². The summed E-state index contributed by atoms with van der Waals surface area (Å²) in [6, 6.07) is 11.3. The van der Waals surface area contributed by atoms with Crippen molar-refractivity contribution in [2.45, 2.75) is 0 Å². The minimum Gasteiger partial charge on any atom is -0.503 e. The van der Waals surface area contributed by atoms with Gasteiger partial charge in [0.2, 0.25) is 4.80 Å². The third-order valence-corrected chi connectivity index (χ3v) is 5.37. The van der Waals surface area contributed by atoms with Gasteiger partial charge in [0.1, 0.15) is 5.75 Å². The Morgan fingerprint density at radius 1 is 1.15 bits per heavy atom. The normalized spacial score (nSPS) is 11.9. The van der Waals surface area contributed by atoms with Crippen LogP contribution in [0.15, 0.2) is 56.3 Å². The van der Waals surface area contributed by atoms with Gasteiger partial charge in [-0.15, -0.1) is 11.3 Å². The topological polar surface area (TPSA) is 68.3 Å². The van der Waals surface area contributed by atoms with Gasteiger partial charge in [-0.25, -0.2) is 4.68 Å². The molecule has 0 bridgehead atoms. The Morgan fingerprint density at radius 3 is 2.52 bits per heavy atom. The molecule has 0 unspecified atom stereocenters. The molecule has 2 aromatic carbocycles. The first-order chi connectivity index (χ1) is 13.1. The molecule has 0 amide bonds. The molecule has 140 valence electrons. The summed E-state index contributed by atoms with van der Waals surface area (Å²) in [7, 11) is 4.88. The van der Waals surface area contributed by atoms with E-state index in [-0.39, 0.29) is 5.75 Å². The third kappa shape index (κ3) is 4.06. The van der Waals surface area contributed by atoms with Crippen molar-refractivity contribution >= 4 is 33.5 Å². The molecule has 0 saturated carbocycles. The van der Waals surface area contributed by atoms with E-state index in [1.807, 2.05) is 29.6 Å². The maximum Gasteiger partial charge on any atom is 0.205 e. The van der Waals surface area contributed by atoms with Gasteiger partial charge >= 0.3 is 0 Å². The molecule has 1 aromatic heterocycles. The lowest BCUT2D eigenvalue weighted by Crippen LogP contribution is -2.11. The smallest absolute Gasteiger partial charge is 0.205 e. The Kier molecular flexibility index (Phi) is 5.98. The summed E-state index contributed by atoms with van der Waals surface area (Å²) in [6.45, 7) is 0. The quantitative estimate of drug-likeness (QED) is 0.598. The second-order valence-electron chi connectivity index (χ2n) is 5.47. The van der Waals surface area contributed by atoms with Gasteiger partial charge < -0.3 is 14.6 Å². The largest absolute Gasteiger partial charge is 0.503 e. The first-order valence-corrected chi connectivity index (χ1v) is 9.63. The van der Waals surface area contributed by atoms with Crippen LogP contribution in [-0.4, -0.2) is 37.3 Å². The first-order valence-electron chi connectivity index (χ1n) is 7.96. The van der Waals surface area contributed by atoms with Crippen molar-refractivity contribution in [3.8, 4) is 28.5 Å². The Bertz CT molecular complexity index is 1040. The Labute approximate surface area is 169 Å². The van der Waals surface area contributed by atoms with Crippen molar-refractivity contribution in [3.63, 3.8) is 0 Å². The van der Waals surface area contributed by atoms with Gasteiger partial charge in [0.25, 0.3) is 0 Å². The molecule has 0 aliphatic carbocycles. The highest BCUT2D eigenvalue weighted by atomic mass is 79.9. The fraction of sp³-hybridized carbons (Fsp3) is 0.158. The van der Waals surface area contributed by atoms with E-state index in [1.54, 1.807) is 37.2 Å². The van der Waals surface area contributed by atoms with Crippen LogP contribution in [0.5, 0.6) is 17.2 Å². The molecule has 0 spiro atoms. The molecule has 0 aliphatic rings. The lowest BCUT2D eigenvalue weighted by Gasteiger charge is -2.07. The number of aromatic nitrogens is 1. The average molecular weight is 448 g/mol. The number of methoxy groups -OCH3 is 2. The summed E-state index contributed by atoms with van der Waals surface area (Å²) in [6.07, 6.45) is 1.70. The summed E-state index contributed by atoms with van der Waals surface area (Å²) >= 11 is 4.83. The standard InChI is InChI=1S/C19H18BrN3O3S/c1-21-19-23(16(11-27-19)13-4-6-14(25-2)7-5-13)22-10-12-8-15(20)18(24)17(9-12)26-3/h4-11,24H,1-3H3/b21-19?,22-10+. The first kappa shape index (κ1) is 19.2. The minimum atomic E-state index is 0.0565. The molecule has 0 fully saturated rings. The molecule has 0 aliphatic heterocycles. The van der Waals surface area contributed by atoms with Gasteiger partial charge in [-0.2, -0.15) is 5.10 Å². The molecule has 0 saturated heterocycles. The molecule has 6 nitrogen and oxygen atoms in total. The van der Waals surface area contributed by atoms with Crippen LogP contribution in [0.25, 0.3) is 11.3 Å². The van der Waals surface area contributed by atoms with E-state index < -0.39 is 0 Å². The number of halogens is 1. The van der Waals surface area contributed by atoms with E-state index in [4.69, 9.17) is 9.47 Å². The van der Waals surface area contributed by atoms with Gasteiger partial charge in [0, 0.05) is 18.0 Å². The monoisotopic (exact) mass is 447 g/mol. The third-order valence-electron chi connectivity index (χ3n) is 3.86. The zero-order chi connectivity index (χ0) is 19.4. The van der Waals surface area contributed by atoms with Crippen LogP contribution >= 0.6 is 27.3 Å². The van der Waals surface area contributed by atoms with Crippen LogP contribution in [0.2, 0.25) is 0 Å². The fourth-order valence-electron chi connectivity index (χ4n) is 2.47. The number of nitrogens with zero attached hydrogens (tertiary/aromatic N) is 3. The Hall–Kier alpha value is -2.58. The molecule has 1 N–H and O–H groups in total. The molecular weight excluding hydrogens is 430 g/mol. The predicted molar refractivity (Wildman–Crippen MR) is 111 cm³/mol. The number of hydrogen-bond donors (Lipinski definition) is 1. The number of aromatic hydroxyl groups is 1. The maximum atomic E-state index is 9.95. The zero-order valence-electron chi connectivity index (χ0n) is 15.0. The van der Waals surface area contributed by atoms with Gasteiger partial charge in [-0.05, 0) is 57.9 Å². The molecule has 27 heavy (non-hydrogen) atoms. The summed E-state index contributed by atoms with van der Waals surface area (Å²) < 4.78 is 12.7. The summed E-state index contributed by atoms with van der Waals surface area (Å²) in [5.41, 5.74) is 2.70. The lowest BCUT2D eigenvalue weighted by molar-refractivity contribution is 0.372. The molecule has 0 radical (unpaired) electrons. The van der Waals surface area contributed by atoms with Gasteiger partial charge in [-0.1, -0.05) is 0 Å². The van der Waals surface area contributed by atoms with Crippen molar-refractivity contribution in [2.24, 2.45) is 10.1 Å². The van der Waals surface area contributed by atoms with Crippen molar-refractivity contribution < 1.29 is 14.6 Å². The summed E-state index contributed by atoms with van der Waals surface area (Å²) in [5, 5.41) is 16.5. The van der Waals surface area contributed by atoms with Crippen LogP contribution in [0, 0.1) is 0 Å². The van der Waals surface area contributed by atoms with E-state index in [0.717, 1.165) is 27.4 Å². The summed E-state index contributed by atoms with van der Waals surface area (Å²) in [4.78, 5) is 5.06. The number of hydrogen-bond acceptors (Lipinski definition) is 6. The minimum absolute atomic E-state index is 0.0565. The Balaban J connectivity index is 2.03. The summed E-state index contributed by atoms with van der Waals surface area (Å²) in [5.74, 6) is 1.23. The molecular formula is C19H18BrN3O3S. The van der Waals surface area contributed by atoms with Gasteiger partial charge in [-0.3, -0.25) is 4.99 Å². The van der Waals surface area contributed by atoms with Gasteiger partial charge in [0.15, 0.2) is 11.5 Å². The molecule has 8 heteroatoms. The molecule has 3 aromatic rings. The average Bonchev–Trinajstić information content (AvgIpc) is 3.11. The second-order valence-corrected chi connectivity index (χ2v) is 7.16. The van der Waals surface area contributed by atoms with E-state index >= 15 is 0 Å². The van der Waals surface area contributed by atoms with Crippen LogP contribution < -0.4 is 14.3 Å². The van der Waals surface area contributed by atoms with E-state index in [2.05, 4.69) is 26.0 Å². The fourth-order valence-corrected chi connectivity index (χ4v) is 3.73. The van der Waals surface area contributed by atoms with Crippen LogP contribution in [0.4, 0.5) is 0 Å². The zero-order valence-corrected chi connectivity index (χ0v) is 17.4. The number of rotatable bonds is 5. The van der Waals surface area contributed by atoms with E-state index in [0.29, 0.717) is 10.2 Å². The number of benzene rings is 2. The van der Waals surface area contributed by atoms with Crippen LogP contribution in [0.1, 0.15) is 5.56 Å². The van der Waals surface area contributed by atoms with Crippen molar-refractivity contribution in [1.82, 2.24) is 4.68 Å². The van der Waals surface area contributed by atoms with Crippen molar-refractivity contribution in [1.29, 1.82) is 0 Å². The predicted octanol–water partition coefficient (Wildman–Crippen LogP) is 4.11. The number of ether oxygens (including phenoxy) is 2. The lowest BCUT2D eigenvalue weighted by atomic mass is 10.2. The number of phenols is 1. The van der Waals surface area contributed by atoms with Crippen LogP contribution in [0.3, 0.4) is 0 Å². The highest BCUT2D eigenvalue weighted by molar-refractivity contribution is 9.10. The van der Waals surface area contributed by atoms with Crippen molar-refractivity contribution in [3.05, 3.63) is 56.6 Å². The molecule has 3 rings (SSSR count). The highest BCUT2D eigenvalue weighted by Crippen LogP contribution is 2.34. The van der Waals surface area contributed by atoms with Gasteiger partial charge in [0.05, 0.1) is 30.6 Å². The SMILES string of the molecule is CN=c1scc(-c2ccc(OC)cc2)n1/N=C/c1cc(Br)c(O)c(OC)c1. The molecule has 0 atom stereocenters. The molecule has 1 heterocycles. The highest BCUT2D eigenvalue weighted by Gasteiger charge is 2.09. The van der Waals surface area contributed by atoms with E-state index in [1.165, 1.54) is 18.4 Å². The second kappa shape index (κ2) is 8.41. The van der Waals surface area contributed by atoms with E-state index in [9.17, 15) is 5.11 Å².